The van der Waals surface area contributed by atoms with Crippen molar-refractivity contribution < 1.29 is 9.53 Å². The van der Waals surface area contributed by atoms with Crippen molar-refractivity contribution in [2.24, 2.45) is 0 Å². The van der Waals surface area contributed by atoms with Gasteiger partial charge in [0, 0.05) is 0 Å². The van der Waals surface area contributed by atoms with Gasteiger partial charge in [0.1, 0.15) is 18.1 Å². The highest BCUT2D eigenvalue weighted by atomic mass is 16.5. The third kappa shape index (κ3) is 5.17. The standard InChI is InChI=1S/C17H17N3O2/c1-13-10-15(20-16(18)11-13)8-5-9-19-17(21)22-12-14-6-3-2-4-7-14/h2-4,6-7,10-11H,9,12H2,1H3,(H2,18,20)(H,19,21). The average molecular weight is 295 g/mol. The number of nitrogens with two attached hydrogens (primary N) is 1. The molecule has 0 unspecified atom stereocenters. The average Bonchev–Trinajstić information content (AvgIpc) is 2.50. The first-order chi connectivity index (χ1) is 10.6. The van der Waals surface area contributed by atoms with Gasteiger partial charge >= 0.3 is 6.09 Å². The second-order valence-electron chi connectivity index (χ2n) is 4.67. The highest BCUT2D eigenvalue weighted by molar-refractivity contribution is 5.67. The van der Waals surface area contributed by atoms with Crippen LogP contribution in [0.1, 0.15) is 16.8 Å². The second-order valence-corrected chi connectivity index (χ2v) is 4.67. The molecule has 1 amide bonds. The molecule has 2 aromatic rings. The Balaban J connectivity index is 1.76. The molecule has 0 spiro atoms. The Bertz CT molecular complexity index is 683. The molecule has 0 fully saturated rings. The molecule has 0 saturated heterocycles. The molecule has 0 aliphatic carbocycles. The van der Waals surface area contributed by atoms with Crippen molar-refractivity contribution in [3.05, 3.63) is 59.3 Å². The summed E-state index contributed by atoms with van der Waals surface area (Å²) in [4.78, 5) is 15.6. The molecule has 0 aliphatic heterocycles. The van der Waals surface area contributed by atoms with Crippen LogP contribution in [-0.4, -0.2) is 17.6 Å². The van der Waals surface area contributed by atoms with E-state index >= 15 is 0 Å². The first-order valence-corrected chi connectivity index (χ1v) is 6.81. The van der Waals surface area contributed by atoms with Crippen LogP contribution in [0.3, 0.4) is 0 Å². The zero-order chi connectivity index (χ0) is 15.8. The Hall–Kier alpha value is -3.00. The number of aromatic nitrogens is 1. The number of anilines is 1. The lowest BCUT2D eigenvalue weighted by atomic mass is 10.2. The fourth-order valence-corrected chi connectivity index (χ4v) is 1.78. The van der Waals surface area contributed by atoms with Crippen molar-refractivity contribution in [1.29, 1.82) is 0 Å². The maximum atomic E-state index is 11.5. The molecule has 5 nitrogen and oxygen atoms in total. The van der Waals surface area contributed by atoms with Gasteiger partial charge in [0.2, 0.25) is 0 Å². The molecule has 1 heterocycles. The SMILES string of the molecule is Cc1cc(N)nc(C#CCNC(=O)OCc2ccccc2)c1. The van der Waals surface area contributed by atoms with Gasteiger partial charge in [0.15, 0.2) is 0 Å². The van der Waals surface area contributed by atoms with Crippen LogP contribution in [-0.2, 0) is 11.3 Å². The van der Waals surface area contributed by atoms with E-state index in [1.165, 1.54) is 0 Å². The highest BCUT2D eigenvalue weighted by Crippen LogP contribution is 2.04. The van der Waals surface area contributed by atoms with Gasteiger partial charge in [-0.25, -0.2) is 9.78 Å². The summed E-state index contributed by atoms with van der Waals surface area (Å²) in [5.74, 6) is 6.08. The van der Waals surface area contributed by atoms with Crippen LogP contribution >= 0.6 is 0 Å². The van der Waals surface area contributed by atoms with Gasteiger partial charge in [-0.05, 0) is 36.1 Å². The summed E-state index contributed by atoms with van der Waals surface area (Å²) in [6.45, 7) is 2.33. The number of alkyl carbamates (subject to hydrolysis) is 1. The van der Waals surface area contributed by atoms with Crippen molar-refractivity contribution in [1.82, 2.24) is 10.3 Å². The van der Waals surface area contributed by atoms with Gasteiger partial charge in [-0.2, -0.15) is 0 Å². The minimum absolute atomic E-state index is 0.184. The van der Waals surface area contributed by atoms with Crippen LogP contribution in [0.5, 0.6) is 0 Å². The number of nitrogens with zero attached hydrogens (tertiary/aromatic N) is 1. The number of carbonyl (C=O) groups is 1. The number of nitrogen functional groups attached to an aromatic ring is 1. The molecule has 112 valence electrons. The van der Waals surface area contributed by atoms with Gasteiger partial charge in [-0.3, -0.25) is 0 Å². The Labute approximate surface area is 129 Å². The van der Waals surface area contributed by atoms with E-state index in [1.807, 2.05) is 43.3 Å². The van der Waals surface area contributed by atoms with Crippen molar-refractivity contribution in [3.8, 4) is 11.8 Å². The molecule has 5 heteroatoms. The van der Waals surface area contributed by atoms with Crippen molar-refractivity contribution in [2.45, 2.75) is 13.5 Å². The molecule has 0 aliphatic rings. The predicted molar refractivity (Wildman–Crippen MR) is 84.9 cm³/mol. The lowest BCUT2D eigenvalue weighted by Crippen LogP contribution is -2.24. The van der Waals surface area contributed by atoms with E-state index in [4.69, 9.17) is 10.5 Å². The summed E-state index contributed by atoms with van der Waals surface area (Å²) in [6.07, 6.45) is -0.505. The number of benzene rings is 1. The molecule has 0 saturated carbocycles. The zero-order valence-corrected chi connectivity index (χ0v) is 12.3. The summed E-state index contributed by atoms with van der Waals surface area (Å²) in [7, 11) is 0. The Morgan fingerprint density at radius 2 is 2.09 bits per heavy atom. The van der Waals surface area contributed by atoms with Crippen molar-refractivity contribution in [3.63, 3.8) is 0 Å². The van der Waals surface area contributed by atoms with E-state index in [2.05, 4.69) is 22.1 Å². The molecule has 2 rings (SSSR count). The Morgan fingerprint density at radius 1 is 1.32 bits per heavy atom. The maximum absolute atomic E-state index is 11.5. The van der Waals surface area contributed by atoms with Crippen molar-refractivity contribution in [2.75, 3.05) is 12.3 Å². The van der Waals surface area contributed by atoms with Gasteiger partial charge in [-0.1, -0.05) is 36.3 Å². The molecule has 0 atom stereocenters. The largest absolute Gasteiger partial charge is 0.445 e. The summed E-state index contributed by atoms with van der Waals surface area (Å²) >= 11 is 0. The van der Waals surface area contributed by atoms with Crippen LogP contribution in [0.4, 0.5) is 10.6 Å². The highest BCUT2D eigenvalue weighted by Gasteiger charge is 2.00. The fraction of sp³-hybridized carbons (Fsp3) is 0.176. The summed E-state index contributed by atoms with van der Waals surface area (Å²) < 4.78 is 5.07. The van der Waals surface area contributed by atoms with E-state index in [1.54, 1.807) is 6.07 Å². The third-order valence-electron chi connectivity index (χ3n) is 2.74. The number of hydrogen-bond acceptors (Lipinski definition) is 4. The Morgan fingerprint density at radius 3 is 2.82 bits per heavy atom. The summed E-state index contributed by atoms with van der Waals surface area (Å²) in [5.41, 5.74) is 8.14. The minimum Gasteiger partial charge on any atom is -0.445 e. The van der Waals surface area contributed by atoms with Crippen LogP contribution < -0.4 is 11.1 Å². The molecular formula is C17H17N3O2. The van der Waals surface area contributed by atoms with Crippen molar-refractivity contribution >= 4 is 11.9 Å². The predicted octanol–water partition coefficient (Wildman–Crippen LogP) is 2.25. The van der Waals surface area contributed by atoms with Crippen LogP contribution in [0.25, 0.3) is 0 Å². The number of hydrogen-bond donors (Lipinski definition) is 2. The first-order valence-electron chi connectivity index (χ1n) is 6.81. The van der Waals surface area contributed by atoms with E-state index in [0.29, 0.717) is 11.5 Å². The minimum atomic E-state index is -0.505. The maximum Gasteiger partial charge on any atom is 0.408 e. The quantitative estimate of drug-likeness (QED) is 0.851. The fourth-order valence-electron chi connectivity index (χ4n) is 1.78. The Kier molecular flexibility index (Phi) is 5.38. The molecule has 1 aromatic heterocycles. The van der Waals surface area contributed by atoms with E-state index in [-0.39, 0.29) is 13.2 Å². The van der Waals surface area contributed by atoms with Gasteiger partial charge in [0.25, 0.3) is 0 Å². The third-order valence-corrected chi connectivity index (χ3v) is 2.74. The number of rotatable bonds is 3. The lowest BCUT2D eigenvalue weighted by molar-refractivity contribution is 0.141. The van der Waals surface area contributed by atoms with E-state index < -0.39 is 6.09 Å². The number of amides is 1. The first kappa shape index (κ1) is 15.4. The zero-order valence-electron chi connectivity index (χ0n) is 12.3. The molecule has 0 radical (unpaired) electrons. The molecule has 22 heavy (non-hydrogen) atoms. The lowest BCUT2D eigenvalue weighted by Gasteiger charge is -2.04. The molecular weight excluding hydrogens is 278 g/mol. The number of carbonyl (C=O) groups excluding carboxylic acids is 1. The van der Waals surface area contributed by atoms with Gasteiger partial charge in [-0.15, -0.1) is 0 Å². The summed E-state index contributed by atoms with van der Waals surface area (Å²) in [5, 5.41) is 2.56. The topological polar surface area (TPSA) is 77.2 Å². The van der Waals surface area contributed by atoms with Crippen LogP contribution in [0.2, 0.25) is 0 Å². The number of aryl methyl sites for hydroxylation is 1. The van der Waals surface area contributed by atoms with Gasteiger partial charge in [0.05, 0.1) is 6.54 Å². The second kappa shape index (κ2) is 7.70. The summed E-state index contributed by atoms with van der Waals surface area (Å²) in [6, 6.07) is 13.1. The normalized spacial score (nSPS) is 9.50. The molecule has 0 bridgehead atoms. The monoisotopic (exact) mass is 295 g/mol. The van der Waals surface area contributed by atoms with E-state index in [9.17, 15) is 4.79 Å². The smallest absolute Gasteiger partial charge is 0.408 e. The van der Waals surface area contributed by atoms with Crippen LogP contribution in [0, 0.1) is 18.8 Å². The molecule has 1 aromatic carbocycles. The number of ether oxygens (including phenoxy) is 1. The van der Waals surface area contributed by atoms with Crippen LogP contribution in [0.15, 0.2) is 42.5 Å². The van der Waals surface area contributed by atoms with E-state index in [0.717, 1.165) is 11.1 Å². The van der Waals surface area contributed by atoms with Gasteiger partial charge < -0.3 is 15.8 Å². The number of nitrogens with one attached hydrogen (secondary N) is 1. The number of pyridine rings is 1. The molecule has 3 N–H and O–H groups in total.